The lowest BCUT2D eigenvalue weighted by molar-refractivity contribution is 0.102. The molecule has 1 aliphatic heterocycles. The van der Waals surface area contributed by atoms with Gasteiger partial charge in [0.1, 0.15) is 0 Å². The van der Waals surface area contributed by atoms with E-state index in [1.54, 1.807) is 6.07 Å². The van der Waals surface area contributed by atoms with Crippen LogP contribution in [0.2, 0.25) is 0 Å². The lowest BCUT2D eigenvalue weighted by Crippen LogP contribution is -2.20. The Hall–Kier alpha value is -2.02. The van der Waals surface area contributed by atoms with Crippen molar-refractivity contribution < 1.29 is 4.79 Å². The van der Waals surface area contributed by atoms with E-state index in [1.807, 2.05) is 18.4 Å². The fraction of sp³-hybridized carbons (Fsp3) is 0.385. The third-order valence-electron chi connectivity index (χ3n) is 3.15. The number of thiazole rings is 1. The van der Waals surface area contributed by atoms with Crippen LogP contribution in [0.4, 0.5) is 10.9 Å². The van der Waals surface area contributed by atoms with Gasteiger partial charge >= 0.3 is 0 Å². The van der Waals surface area contributed by atoms with E-state index in [0.717, 1.165) is 24.6 Å². The largest absolute Gasteiger partial charge is 0.355 e. The normalized spacial score (nSPS) is 14.6. The number of hydrogen-bond donors (Lipinski definition) is 1. The fourth-order valence-electron chi connectivity index (χ4n) is 2.13. The Bertz CT molecular complexity index is 603. The molecular weight excluding hydrogens is 274 g/mol. The molecule has 1 aliphatic rings. The van der Waals surface area contributed by atoms with Crippen LogP contribution in [0.25, 0.3) is 0 Å². The van der Waals surface area contributed by atoms with Gasteiger partial charge in [0.25, 0.3) is 5.91 Å². The summed E-state index contributed by atoms with van der Waals surface area (Å²) in [6.07, 6.45) is 2.38. The van der Waals surface area contributed by atoms with Gasteiger partial charge in [-0.05, 0) is 31.9 Å². The minimum absolute atomic E-state index is 0.278. The monoisotopic (exact) mass is 289 g/mol. The zero-order chi connectivity index (χ0) is 13.9. The van der Waals surface area contributed by atoms with Gasteiger partial charge in [-0.1, -0.05) is 0 Å². The number of nitrogens with zero attached hydrogens (tertiary/aromatic N) is 4. The maximum atomic E-state index is 12.0. The maximum Gasteiger partial charge on any atom is 0.277 e. The van der Waals surface area contributed by atoms with E-state index in [1.165, 1.54) is 24.2 Å². The molecule has 0 aromatic carbocycles. The smallest absolute Gasteiger partial charge is 0.277 e. The van der Waals surface area contributed by atoms with E-state index in [-0.39, 0.29) is 5.91 Å². The summed E-state index contributed by atoms with van der Waals surface area (Å²) in [5.41, 5.74) is 1.20. The molecule has 1 saturated heterocycles. The van der Waals surface area contributed by atoms with Gasteiger partial charge in [-0.25, -0.2) is 4.98 Å². The summed E-state index contributed by atoms with van der Waals surface area (Å²) in [7, 11) is 0. The van der Waals surface area contributed by atoms with Crippen molar-refractivity contribution in [3.05, 3.63) is 28.9 Å². The number of aryl methyl sites for hydroxylation is 1. The minimum Gasteiger partial charge on any atom is -0.355 e. The average Bonchev–Trinajstić information content (AvgIpc) is 3.11. The molecule has 1 fully saturated rings. The number of aromatic nitrogens is 3. The van der Waals surface area contributed by atoms with Crippen LogP contribution >= 0.6 is 11.3 Å². The first-order valence-corrected chi connectivity index (χ1v) is 7.42. The van der Waals surface area contributed by atoms with Gasteiger partial charge in [0.2, 0.25) is 0 Å². The van der Waals surface area contributed by atoms with E-state index < -0.39 is 0 Å². The van der Waals surface area contributed by atoms with Crippen molar-refractivity contribution in [2.24, 2.45) is 0 Å². The summed E-state index contributed by atoms with van der Waals surface area (Å²) >= 11 is 1.40. The van der Waals surface area contributed by atoms with Gasteiger partial charge in [0, 0.05) is 18.5 Å². The molecule has 0 unspecified atom stereocenters. The van der Waals surface area contributed by atoms with Gasteiger partial charge in [0.15, 0.2) is 16.6 Å². The van der Waals surface area contributed by atoms with E-state index >= 15 is 0 Å². The molecule has 0 radical (unpaired) electrons. The first-order chi connectivity index (χ1) is 9.72. The molecule has 0 atom stereocenters. The van der Waals surface area contributed by atoms with Crippen LogP contribution in [-0.4, -0.2) is 34.2 Å². The third kappa shape index (κ3) is 2.77. The van der Waals surface area contributed by atoms with Crippen LogP contribution in [0.15, 0.2) is 17.5 Å². The van der Waals surface area contributed by atoms with Crippen molar-refractivity contribution >= 4 is 28.2 Å². The zero-order valence-corrected chi connectivity index (χ0v) is 12.0. The van der Waals surface area contributed by atoms with Crippen LogP contribution in [0.1, 0.15) is 29.0 Å². The zero-order valence-electron chi connectivity index (χ0n) is 11.2. The van der Waals surface area contributed by atoms with Gasteiger partial charge in [-0.2, -0.15) is 0 Å². The second kappa shape index (κ2) is 5.54. The van der Waals surface area contributed by atoms with Crippen molar-refractivity contribution in [2.75, 3.05) is 23.3 Å². The molecule has 6 nitrogen and oxygen atoms in total. The molecule has 20 heavy (non-hydrogen) atoms. The van der Waals surface area contributed by atoms with Crippen molar-refractivity contribution in [3.63, 3.8) is 0 Å². The number of nitrogens with one attached hydrogen (secondary N) is 1. The highest BCUT2D eigenvalue weighted by Gasteiger charge is 2.15. The number of carbonyl (C=O) groups excluding carboxylic acids is 1. The van der Waals surface area contributed by atoms with Crippen LogP contribution < -0.4 is 10.2 Å². The highest BCUT2D eigenvalue weighted by Crippen LogP contribution is 2.18. The Labute approximate surface area is 120 Å². The second-order valence-corrected chi connectivity index (χ2v) is 5.58. The van der Waals surface area contributed by atoms with Gasteiger partial charge in [-0.15, -0.1) is 21.5 Å². The highest BCUT2D eigenvalue weighted by atomic mass is 32.1. The van der Waals surface area contributed by atoms with Gasteiger partial charge in [-0.3, -0.25) is 10.1 Å². The van der Waals surface area contributed by atoms with Gasteiger partial charge in [0.05, 0.1) is 5.69 Å². The fourth-order valence-corrected chi connectivity index (χ4v) is 2.82. The molecule has 104 valence electrons. The summed E-state index contributed by atoms with van der Waals surface area (Å²) in [6, 6.07) is 3.55. The lowest BCUT2D eigenvalue weighted by Gasteiger charge is -2.14. The topological polar surface area (TPSA) is 71.0 Å². The molecule has 0 saturated carbocycles. The Morgan fingerprint density at radius 3 is 2.70 bits per heavy atom. The molecule has 7 heteroatoms. The quantitative estimate of drug-likeness (QED) is 0.937. The Morgan fingerprint density at radius 2 is 2.10 bits per heavy atom. The Morgan fingerprint density at radius 1 is 1.30 bits per heavy atom. The van der Waals surface area contributed by atoms with E-state index in [2.05, 4.69) is 25.4 Å². The highest BCUT2D eigenvalue weighted by molar-refractivity contribution is 7.13. The van der Waals surface area contributed by atoms with Crippen molar-refractivity contribution in [1.82, 2.24) is 15.2 Å². The predicted octanol–water partition coefficient (Wildman–Crippen LogP) is 2.09. The number of carbonyl (C=O) groups is 1. The number of rotatable bonds is 3. The second-order valence-electron chi connectivity index (χ2n) is 4.72. The van der Waals surface area contributed by atoms with E-state index in [4.69, 9.17) is 0 Å². The minimum atomic E-state index is -0.278. The molecule has 1 amide bonds. The van der Waals surface area contributed by atoms with E-state index in [9.17, 15) is 4.79 Å². The lowest BCUT2D eigenvalue weighted by atomic mass is 10.3. The standard InChI is InChI=1S/C13H15N5OS/c1-9-8-20-13(14-9)15-12(19)10-4-5-11(17-16-10)18-6-2-3-7-18/h4-5,8H,2-3,6-7H2,1H3,(H,14,15,19). The van der Waals surface area contributed by atoms with Crippen LogP contribution in [0.5, 0.6) is 0 Å². The molecule has 2 aromatic heterocycles. The molecule has 2 aromatic rings. The predicted molar refractivity (Wildman–Crippen MR) is 78.3 cm³/mol. The van der Waals surface area contributed by atoms with Crippen molar-refractivity contribution in [1.29, 1.82) is 0 Å². The van der Waals surface area contributed by atoms with Crippen LogP contribution in [-0.2, 0) is 0 Å². The first kappa shape index (κ1) is 13.0. The SMILES string of the molecule is Cc1csc(NC(=O)c2ccc(N3CCCC3)nn2)n1. The van der Waals surface area contributed by atoms with Crippen molar-refractivity contribution in [2.45, 2.75) is 19.8 Å². The van der Waals surface area contributed by atoms with Crippen LogP contribution in [0, 0.1) is 6.92 Å². The first-order valence-electron chi connectivity index (χ1n) is 6.54. The maximum absolute atomic E-state index is 12.0. The molecule has 0 spiro atoms. The molecule has 0 bridgehead atoms. The summed E-state index contributed by atoms with van der Waals surface area (Å²) in [6.45, 7) is 3.91. The summed E-state index contributed by atoms with van der Waals surface area (Å²) < 4.78 is 0. The number of hydrogen-bond acceptors (Lipinski definition) is 6. The molecule has 3 heterocycles. The summed E-state index contributed by atoms with van der Waals surface area (Å²) in [5.74, 6) is 0.559. The van der Waals surface area contributed by atoms with Crippen molar-refractivity contribution in [3.8, 4) is 0 Å². The summed E-state index contributed by atoms with van der Waals surface area (Å²) in [5, 5.41) is 13.3. The van der Waals surface area contributed by atoms with Crippen LogP contribution in [0.3, 0.4) is 0 Å². The molecule has 1 N–H and O–H groups in total. The third-order valence-corrected chi connectivity index (χ3v) is 4.03. The van der Waals surface area contributed by atoms with Gasteiger partial charge < -0.3 is 4.90 Å². The number of anilines is 2. The molecule has 3 rings (SSSR count). The molecule has 0 aliphatic carbocycles. The Kier molecular flexibility index (Phi) is 3.60. The average molecular weight is 289 g/mol. The molecular formula is C13H15N5OS. The van der Waals surface area contributed by atoms with E-state index in [0.29, 0.717) is 10.8 Å². The Balaban J connectivity index is 1.68. The summed E-state index contributed by atoms with van der Waals surface area (Å²) in [4.78, 5) is 18.4. The number of amides is 1.